The first-order chi connectivity index (χ1) is 11.2. The first-order valence-corrected chi connectivity index (χ1v) is 8.08. The fraction of sp³-hybridized carbons (Fsp3) is 0.182. The van der Waals surface area contributed by atoms with Crippen LogP contribution in [0.5, 0.6) is 0 Å². The van der Waals surface area contributed by atoms with Gasteiger partial charge in [0, 0.05) is 0 Å². The topological polar surface area (TPSA) is 20.2 Å². The molecular formula is C22H22O. The van der Waals surface area contributed by atoms with Crippen molar-refractivity contribution < 1.29 is 5.11 Å². The van der Waals surface area contributed by atoms with Crippen molar-refractivity contribution in [3.8, 4) is 0 Å². The molecule has 1 nitrogen and oxygen atoms in total. The average Bonchev–Trinajstić information content (AvgIpc) is 2.63. The van der Waals surface area contributed by atoms with Gasteiger partial charge in [-0.25, -0.2) is 0 Å². The summed E-state index contributed by atoms with van der Waals surface area (Å²) in [6.07, 6.45) is 0.821. The van der Waals surface area contributed by atoms with Gasteiger partial charge in [-0.3, -0.25) is 0 Å². The Morgan fingerprint density at radius 2 is 1.09 bits per heavy atom. The zero-order valence-electron chi connectivity index (χ0n) is 13.4. The lowest BCUT2D eigenvalue weighted by Gasteiger charge is -2.35. The first-order valence-electron chi connectivity index (χ1n) is 8.08. The van der Waals surface area contributed by atoms with Crippen LogP contribution in [0, 0.1) is 5.92 Å². The highest BCUT2D eigenvalue weighted by Gasteiger charge is 2.37. The van der Waals surface area contributed by atoms with Gasteiger partial charge in [0.05, 0.1) is 0 Å². The summed E-state index contributed by atoms with van der Waals surface area (Å²) in [4.78, 5) is 0. The number of benzene rings is 3. The Kier molecular flexibility index (Phi) is 4.59. The van der Waals surface area contributed by atoms with Gasteiger partial charge in [-0.15, -0.1) is 0 Å². The fourth-order valence-corrected chi connectivity index (χ4v) is 3.24. The van der Waals surface area contributed by atoms with E-state index in [0.717, 1.165) is 17.5 Å². The molecule has 0 fully saturated rings. The van der Waals surface area contributed by atoms with E-state index in [0.29, 0.717) is 0 Å². The minimum Gasteiger partial charge on any atom is -0.380 e. The van der Waals surface area contributed by atoms with Gasteiger partial charge in [-0.2, -0.15) is 0 Å². The highest BCUT2D eigenvalue weighted by atomic mass is 16.3. The summed E-state index contributed by atoms with van der Waals surface area (Å²) in [5.41, 5.74) is 2.12. The molecule has 0 heterocycles. The van der Waals surface area contributed by atoms with E-state index in [1.54, 1.807) is 0 Å². The highest BCUT2D eigenvalue weighted by molar-refractivity contribution is 5.37. The van der Waals surface area contributed by atoms with Gasteiger partial charge in [0.2, 0.25) is 0 Å². The second kappa shape index (κ2) is 6.80. The molecule has 0 aliphatic rings. The van der Waals surface area contributed by atoms with E-state index in [-0.39, 0.29) is 5.92 Å². The van der Waals surface area contributed by atoms with Crippen LogP contribution in [0.2, 0.25) is 0 Å². The molecule has 0 radical (unpaired) electrons. The summed E-state index contributed by atoms with van der Waals surface area (Å²) in [5, 5.41) is 11.7. The van der Waals surface area contributed by atoms with Crippen molar-refractivity contribution in [2.45, 2.75) is 18.9 Å². The molecule has 0 spiro atoms. The van der Waals surface area contributed by atoms with Crippen LogP contribution in [0.15, 0.2) is 91.0 Å². The molecule has 3 aromatic rings. The number of hydrogen-bond acceptors (Lipinski definition) is 1. The Morgan fingerprint density at radius 3 is 1.52 bits per heavy atom. The van der Waals surface area contributed by atoms with E-state index in [4.69, 9.17) is 0 Å². The van der Waals surface area contributed by atoms with Crippen LogP contribution in [-0.2, 0) is 12.0 Å². The van der Waals surface area contributed by atoms with E-state index in [9.17, 15) is 5.11 Å². The lowest BCUT2D eigenvalue weighted by atomic mass is 9.74. The second-order valence-corrected chi connectivity index (χ2v) is 6.09. The van der Waals surface area contributed by atoms with Gasteiger partial charge in [-0.1, -0.05) is 97.9 Å². The van der Waals surface area contributed by atoms with Gasteiger partial charge in [-0.05, 0) is 29.0 Å². The van der Waals surface area contributed by atoms with E-state index >= 15 is 0 Å². The minimum atomic E-state index is -1.00. The molecule has 0 unspecified atom stereocenters. The smallest absolute Gasteiger partial charge is 0.117 e. The highest BCUT2D eigenvalue weighted by Crippen LogP contribution is 2.38. The molecular weight excluding hydrogens is 280 g/mol. The minimum absolute atomic E-state index is 0.0506. The summed E-state index contributed by atoms with van der Waals surface area (Å²) in [6.45, 7) is 2.12. The van der Waals surface area contributed by atoms with Crippen LogP contribution in [-0.4, -0.2) is 5.11 Å². The van der Waals surface area contributed by atoms with Crippen molar-refractivity contribution in [2.75, 3.05) is 0 Å². The van der Waals surface area contributed by atoms with Crippen LogP contribution in [0.4, 0.5) is 0 Å². The van der Waals surface area contributed by atoms with Crippen LogP contribution < -0.4 is 0 Å². The fourth-order valence-electron chi connectivity index (χ4n) is 3.24. The lowest BCUT2D eigenvalue weighted by Crippen LogP contribution is -2.36. The monoisotopic (exact) mass is 302 g/mol. The molecule has 1 atom stereocenters. The zero-order chi connectivity index (χ0) is 16.1. The molecule has 0 saturated carbocycles. The van der Waals surface area contributed by atoms with Gasteiger partial charge in [0.25, 0.3) is 0 Å². The number of rotatable bonds is 5. The maximum absolute atomic E-state index is 11.7. The van der Waals surface area contributed by atoms with E-state index in [2.05, 4.69) is 19.1 Å². The predicted octanol–water partition coefficient (Wildman–Crippen LogP) is 4.80. The molecule has 116 valence electrons. The van der Waals surface area contributed by atoms with Crippen LogP contribution in [0.3, 0.4) is 0 Å². The quantitative estimate of drug-likeness (QED) is 0.717. The molecule has 0 aliphatic carbocycles. The third kappa shape index (κ3) is 3.20. The predicted molar refractivity (Wildman–Crippen MR) is 95.2 cm³/mol. The summed E-state index contributed by atoms with van der Waals surface area (Å²) < 4.78 is 0. The van der Waals surface area contributed by atoms with Crippen LogP contribution >= 0.6 is 0 Å². The third-order valence-electron chi connectivity index (χ3n) is 4.53. The number of hydrogen-bond donors (Lipinski definition) is 1. The maximum Gasteiger partial charge on any atom is 0.117 e. The summed E-state index contributed by atoms with van der Waals surface area (Å²) in [7, 11) is 0. The summed E-state index contributed by atoms with van der Waals surface area (Å²) in [5.74, 6) is 0.0506. The largest absolute Gasteiger partial charge is 0.380 e. The van der Waals surface area contributed by atoms with Crippen molar-refractivity contribution >= 4 is 0 Å². The van der Waals surface area contributed by atoms with Gasteiger partial charge >= 0.3 is 0 Å². The summed E-state index contributed by atoms with van der Waals surface area (Å²) in [6, 6.07) is 30.3. The van der Waals surface area contributed by atoms with Crippen molar-refractivity contribution in [1.29, 1.82) is 0 Å². The average molecular weight is 302 g/mol. The Balaban J connectivity index is 2.02. The second-order valence-electron chi connectivity index (χ2n) is 6.09. The van der Waals surface area contributed by atoms with Gasteiger partial charge in [0.1, 0.15) is 5.60 Å². The normalized spacial score (nSPS) is 12.8. The SMILES string of the molecule is C[C@@H](Cc1ccccc1)C(O)(c1ccccc1)c1ccccc1. The summed E-state index contributed by atoms with van der Waals surface area (Å²) >= 11 is 0. The standard InChI is InChI=1S/C22H22O/c1-18(17-19-11-5-2-6-12-19)22(23,20-13-7-3-8-14-20)21-15-9-4-10-16-21/h2-16,18,23H,17H2,1H3/t18-/m0/s1. The van der Waals surface area contributed by atoms with Crippen molar-refractivity contribution in [2.24, 2.45) is 5.92 Å². The van der Waals surface area contributed by atoms with Crippen molar-refractivity contribution in [3.63, 3.8) is 0 Å². The third-order valence-corrected chi connectivity index (χ3v) is 4.53. The Morgan fingerprint density at radius 1 is 0.696 bits per heavy atom. The Bertz CT molecular complexity index is 680. The molecule has 0 bridgehead atoms. The van der Waals surface area contributed by atoms with Crippen LogP contribution in [0.25, 0.3) is 0 Å². The van der Waals surface area contributed by atoms with Crippen molar-refractivity contribution in [1.82, 2.24) is 0 Å². The molecule has 0 aliphatic heterocycles. The Labute approximate surface area is 138 Å². The molecule has 3 aromatic carbocycles. The van der Waals surface area contributed by atoms with Crippen molar-refractivity contribution in [3.05, 3.63) is 108 Å². The molecule has 0 saturated heterocycles. The Hall–Kier alpha value is -2.38. The molecule has 1 heteroatoms. The maximum atomic E-state index is 11.7. The first kappa shape index (κ1) is 15.5. The van der Waals surface area contributed by atoms with Crippen LogP contribution in [0.1, 0.15) is 23.6 Å². The lowest BCUT2D eigenvalue weighted by molar-refractivity contribution is 0.0240. The van der Waals surface area contributed by atoms with E-state index < -0.39 is 5.60 Å². The molecule has 23 heavy (non-hydrogen) atoms. The van der Waals surface area contributed by atoms with E-state index in [1.165, 1.54) is 5.56 Å². The van der Waals surface area contributed by atoms with Gasteiger partial charge < -0.3 is 5.11 Å². The zero-order valence-corrected chi connectivity index (χ0v) is 13.4. The molecule has 0 aromatic heterocycles. The molecule has 1 N–H and O–H groups in total. The van der Waals surface area contributed by atoms with Gasteiger partial charge in [0.15, 0.2) is 0 Å². The number of aliphatic hydroxyl groups is 1. The molecule has 0 amide bonds. The van der Waals surface area contributed by atoms with E-state index in [1.807, 2.05) is 78.9 Å². The molecule has 3 rings (SSSR count).